The lowest BCUT2D eigenvalue weighted by Crippen LogP contribution is -2.15. The van der Waals surface area contributed by atoms with E-state index in [0.29, 0.717) is 45.9 Å². The maximum absolute atomic E-state index is 12.2. The van der Waals surface area contributed by atoms with Crippen LogP contribution in [0.5, 0.6) is 0 Å². The van der Waals surface area contributed by atoms with E-state index < -0.39 is 0 Å². The molecule has 0 bridgehead atoms. The first-order valence-corrected chi connectivity index (χ1v) is 10.4. The normalized spacial score (nSPS) is 10.2. The highest BCUT2D eigenvalue weighted by Crippen LogP contribution is 2.15. The molecule has 5 aromatic rings. The number of halogens is 1. The van der Waals surface area contributed by atoms with Crippen molar-refractivity contribution in [3.05, 3.63) is 82.7 Å². The van der Waals surface area contributed by atoms with Crippen molar-refractivity contribution in [3.63, 3.8) is 0 Å². The Morgan fingerprint density at radius 3 is 2.55 bits per heavy atom. The summed E-state index contributed by atoms with van der Waals surface area (Å²) in [7, 11) is 0. The second-order valence-electron chi connectivity index (χ2n) is 6.71. The topological polar surface area (TPSA) is 138 Å². The molecule has 0 saturated carbocycles. The summed E-state index contributed by atoms with van der Waals surface area (Å²) in [6, 6.07) is 11.3. The third-order valence-electron chi connectivity index (χ3n) is 4.51. The fourth-order valence-corrected chi connectivity index (χ4v) is 3.02. The molecule has 0 fully saturated rings. The van der Waals surface area contributed by atoms with E-state index in [-0.39, 0.29) is 11.4 Å². The molecular weight excluding hydrogens is 423 g/mol. The zero-order chi connectivity index (χ0) is 23.8. The quantitative estimate of drug-likeness (QED) is 0.307. The summed E-state index contributed by atoms with van der Waals surface area (Å²) < 4.78 is 12.0. The van der Waals surface area contributed by atoms with Crippen molar-refractivity contribution in [3.8, 4) is 0 Å². The highest BCUT2D eigenvalue weighted by molar-refractivity contribution is 5.82. The van der Waals surface area contributed by atoms with Crippen LogP contribution >= 0.6 is 0 Å². The van der Waals surface area contributed by atoms with E-state index in [0.717, 1.165) is 5.56 Å². The van der Waals surface area contributed by atoms with Crippen LogP contribution in [0.1, 0.15) is 25.2 Å². The highest BCUT2D eigenvalue weighted by atomic mass is 19.1. The van der Waals surface area contributed by atoms with Gasteiger partial charge in [-0.3, -0.25) is 4.79 Å². The lowest BCUT2D eigenvalue weighted by molar-refractivity contribution is 0.628. The van der Waals surface area contributed by atoms with Crippen LogP contribution in [0.25, 0.3) is 22.1 Å². The Balaban J connectivity index is 0.000000258. The fraction of sp³-hybridized carbons (Fsp3) is 0.174. The molecule has 0 aliphatic heterocycles. The van der Waals surface area contributed by atoms with Crippen molar-refractivity contribution >= 4 is 33.6 Å². The zero-order valence-corrected chi connectivity index (χ0v) is 18.6. The summed E-state index contributed by atoms with van der Waals surface area (Å²) in [6.45, 7) is 6.23. The number of aromatic nitrogens is 6. The van der Waals surface area contributed by atoms with E-state index in [1.165, 1.54) is 30.6 Å². The first-order valence-electron chi connectivity index (χ1n) is 10.4. The molecule has 3 heterocycles. The van der Waals surface area contributed by atoms with Gasteiger partial charge in [-0.1, -0.05) is 26.0 Å². The smallest absolute Gasteiger partial charge is 0.259 e. The molecule has 5 N–H and O–H groups in total. The molecule has 0 amide bonds. The van der Waals surface area contributed by atoms with Gasteiger partial charge in [-0.05, 0) is 42.8 Å². The van der Waals surface area contributed by atoms with Crippen LogP contribution in [-0.2, 0) is 6.54 Å². The number of nitrogens with two attached hydrogens (primary N) is 1. The van der Waals surface area contributed by atoms with Crippen molar-refractivity contribution in [2.24, 2.45) is 0 Å². The summed E-state index contributed by atoms with van der Waals surface area (Å²) >= 11 is 0. The second kappa shape index (κ2) is 10.8. The minimum Gasteiger partial charge on any atom is -0.399 e. The largest absolute Gasteiger partial charge is 0.399 e. The predicted molar refractivity (Wildman–Crippen MR) is 128 cm³/mol. The van der Waals surface area contributed by atoms with Gasteiger partial charge in [0, 0.05) is 5.69 Å². The minimum absolute atomic E-state index is 0.140. The number of nitrogens with zero attached hydrogens (tertiary/aromatic N) is 4. The molecule has 170 valence electrons. The Morgan fingerprint density at radius 1 is 1.06 bits per heavy atom. The molecule has 9 nitrogen and oxygen atoms in total. The van der Waals surface area contributed by atoms with Gasteiger partial charge < -0.3 is 21.0 Å². The summed E-state index contributed by atoms with van der Waals surface area (Å²) in [5, 5.41) is 3.76. The molecule has 0 unspecified atom stereocenters. The molecule has 0 atom stereocenters. The molecular formula is C23H25FN8O. The van der Waals surface area contributed by atoms with Gasteiger partial charge in [-0.25, -0.2) is 24.3 Å². The second-order valence-corrected chi connectivity index (χ2v) is 6.71. The van der Waals surface area contributed by atoms with E-state index in [2.05, 4.69) is 35.2 Å². The first kappa shape index (κ1) is 23.3. The number of hydrogen-bond donors (Lipinski definition) is 4. The van der Waals surface area contributed by atoms with Gasteiger partial charge in [0.1, 0.15) is 23.5 Å². The van der Waals surface area contributed by atoms with Crippen molar-refractivity contribution in [2.75, 3.05) is 11.1 Å². The number of nitrogens with one attached hydrogen (secondary N) is 3. The Kier molecular flexibility index (Phi) is 7.64. The van der Waals surface area contributed by atoms with Crippen LogP contribution in [0.15, 0.2) is 59.9 Å². The molecule has 3 aromatic heterocycles. The first-order chi connectivity index (χ1) is 16.0. The fourth-order valence-electron chi connectivity index (χ4n) is 3.02. The number of hydrogen-bond acceptors (Lipinski definition) is 7. The number of H-pyrrole nitrogens is 2. The summed E-state index contributed by atoms with van der Waals surface area (Å²) in [5.74, 6) is 0.901. The summed E-state index contributed by atoms with van der Waals surface area (Å²) in [4.78, 5) is 34.8. The summed E-state index contributed by atoms with van der Waals surface area (Å²) in [5.41, 5.74) is 8.59. The lowest BCUT2D eigenvalue weighted by Gasteiger charge is -2.07. The third-order valence-corrected chi connectivity index (χ3v) is 4.51. The Hall–Kier alpha value is -4.34. The van der Waals surface area contributed by atoms with Gasteiger partial charge in [-0.15, -0.1) is 0 Å². The maximum atomic E-state index is 12.2. The van der Waals surface area contributed by atoms with E-state index in [4.69, 9.17) is 5.73 Å². The molecule has 33 heavy (non-hydrogen) atoms. The molecule has 5 rings (SSSR count). The standard InChI is InChI=1S/C15H13N7O.C6H6FN.C2H6/c1-8-3-2-4-9-11(8)15(23)22-10(21-9)5-16-13-12-14(18-6-17-12)20-7-19-13;7-5-1-3-6(8)4-2-5;1-2/h2-4,6-7H,5H2,1H3,(H,21,22,23)(H2,16,17,18,19,20);1-4H,8H2;1-2H3. The van der Waals surface area contributed by atoms with Gasteiger partial charge in [0.2, 0.25) is 0 Å². The van der Waals surface area contributed by atoms with Gasteiger partial charge in [0.05, 0.1) is 23.8 Å². The van der Waals surface area contributed by atoms with Crippen LogP contribution in [-0.4, -0.2) is 29.9 Å². The SMILES string of the molecule is CC.Cc1cccc2nc(CNc3ncnc4nc[nH]c34)[nH]c(=O)c12.Nc1ccc(F)cc1. The molecule has 0 radical (unpaired) electrons. The van der Waals surface area contributed by atoms with Crippen LogP contribution < -0.4 is 16.6 Å². The van der Waals surface area contributed by atoms with Crippen LogP contribution in [0.4, 0.5) is 15.9 Å². The molecule has 0 aliphatic carbocycles. The van der Waals surface area contributed by atoms with Crippen LogP contribution in [0.3, 0.4) is 0 Å². The maximum Gasteiger partial charge on any atom is 0.259 e. The number of rotatable bonds is 3. The molecule has 0 saturated heterocycles. The number of anilines is 2. The van der Waals surface area contributed by atoms with Crippen molar-refractivity contribution in [2.45, 2.75) is 27.3 Å². The van der Waals surface area contributed by atoms with Crippen molar-refractivity contribution in [1.29, 1.82) is 0 Å². The Labute approximate surface area is 189 Å². The predicted octanol–water partition coefficient (Wildman–Crippen LogP) is 3.94. The number of nitrogen functional groups attached to an aromatic ring is 1. The Bertz CT molecular complexity index is 1370. The lowest BCUT2D eigenvalue weighted by atomic mass is 10.1. The van der Waals surface area contributed by atoms with E-state index >= 15 is 0 Å². The number of fused-ring (bicyclic) bond motifs is 2. The van der Waals surface area contributed by atoms with E-state index in [1.54, 1.807) is 6.33 Å². The molecule has 0 aliphatic rings. The minimum atomic E-state index is -0.251. The number of aryl methyl sites for hydroxylation is 1. The molecule has 10 heteroatoms. The van der Waals surface area contributed by atoms with E-state index in [9.17, 15) is 9.18 Å². The number of imidazole rings is 1. The van der Waals surface area contributed by atoms with Gasteiger partial charge in [0.25, 0.3) is 5.56 Å². The molecule has 0 spiro atoms. The van der Waals surface area contributed by atoms with Crippen LogP contribution in [0.2, 0.25) is 0 Å². The third kappa shape index (κ3) is 5.67. The average molecular weight is 449 g/mol. The zero-order valence-electron chi connectivity index (χ0n) is 18.6. The highest BCUT2D eigenvalue weighted by Gasteiger charge is 2.08. The van der Waals surface area contributed by atoms with Crippen LogP contribution in [0, 0.1) is 12.7 Å². The monoisotopic (exact) mass is 448 g/mol. The van der Waals surface area contributed by atoms with Gasteiger partial charge in [0.15, 0.2) is 11.5 Å². The van der Waals surface area contributed by atoms with Crippen molar-refractivity contribution < 1.29 is 4.39 Å². The number of aromatic amines is 2. The average Bonchev–Trinajstić information content (AvgIpc) is 3.31. The van der Waals surface area contributed by atoms with Crippen molar-refractivity contribution in [1.82, 2.24) is 29.9 Å². The number of benzene rings is 2. The molecule has 2 aromatic carbocycles. The van der Waals surface area contributed by atoms with E-state index in [1.807, 2.05) is 39.0 Å². The van der Waals surface area contributed by atoms with Gasteiger partial charge in [-0.2, -0.15) is 0 Å². The Morgan fingerprint density at radius 2 is 1.82 bits per heavy atom. The van der Waals surface area contributed by atoms with Gasteiger partial charge >= 0.3 is 0 Å². The summed E-state index contributed by atoms with van der Waals surface area (Å²) in [6.07, 6.45) is 2.99.